The minimum Gasteiger partial charge on any atom is -0.482 e. The molecule has 1 heterocycles. The third-order valence-corrected chi connectivity index (χ3v) is 3.77. The summed E-state index contributed by atoms with van der Waals surface area (Å²) in [6.45, 7) is 1.89. The van der Waals surface area contributed by atoms with Crippen LogP contribution < -0.4 is 10.1 Å². The Hall–Kier alpha value is -2.67. The number of aryl methyl sites for hydroxylation is 1. The van der Waals surface area contributed by atoms with E-state index in [0.29, 0.717) is 11.4 Å². The maximum atomic E-state index is 12.1. The Morgan fingerprint density at radius 1 is 1.21 bits per heavy atom. The third kappa shape index (κ3) is 3.99. The molecule has 0 aliphatic carbocycles. The zero-order valence-electron chi connectivity index (χ0n) is 12.9. The van der Waals surface area contributed by atoms with Gasteiger partial charge in [-0.25, -0.2) is 0 Å². The highest BCUT2D eigenvalue weighted by Gasteiger charge is 2.09. The Balaban J connectivity index is 1.69. The van der Waals surface area contributed by atoms with Crippen molar-refractivity contribution in [1.82, 2.24) is 14.8 Å². The van der Waals surface area contributed by atoms with E-state index in [-0.39, 0.29) is 12.5 Å². The fourth-order valence-electron chi connectivity index (χ4n) is 2.18. The summed E-state index contributed by atoms with van der Waals surface area (Å²) in [4.78, 5) is 12.1. The number of amides is 1. The van der Waals surface area contributed by atoms with Crippen LogP contribution in [0.5, 0.6) is 5.75 Å². The van der Waals surface area contributed by atoms with Crippen molar-refractivity contribution in [2.24, 2.45) is 0 Å². The molecule has 0 radical (unpaired) electrons. The second-order valence-corrected chi connectivity index (χ2v) is 6.10. The van der Waals surface area contributed by atoms with Crippen molar-refractivity contribution in [2.75, 3.05) is 11.9 Å². The Labute approximate surface area is 147 Å². The lowest BCUT2D eigenvalue weighted by Crippen LogP contribution is -2.20. The molecule has 0 aliphatic heterocycles. The largest absolute Gasteiger partial charge is 0.482 e. The van der Waals surface area contributed by atoms with Gasteiger partial charge in [-0.15, -0.1) is 10.2 Å². The smallest absolute Gasteiger partial charge is 0.262 e. The molecule has 24 heavy (non-hydrogen) atoms. The van der Waals surface area contributed by atoms with Crippen molar-refractivity contribution in [2.45, 2.75) is 6.92 Å². The topological polar surface area (TPSA) is 69.0 Å². The summed E-state index contributed by atoms with van der Waals surface area (Å²) in [5.41, 5.74) is 2.57. The number of benzene rings is 2. The molecule has 0 atom stereocenters. The Bertz CT molecular complexity index is 850. The molecule has 6 nitrogen and oxygen atoms in total. The Morgan fingerprint density at radius 2 is 2.00 bits per heavy atom. The molecular formula is C17H15BrN4O2. The normalized spacial score (nSPS) is 10.4. The minimum absolute atomic E-state index is 0.0926. The van der Waals surface area contributed by atoms with Crippen molar-refractivity contribution >= 4 is 27.5 Å². The maximum Gasteiger partial charge on any atom is 0.262 e. The molecule has 0 spiro atoms. The van der Waals surface area contributed by atoms with Crippen molar-refractivity contribution in [1.29, 1.82) is 0 Å². The number of ether oxygens (including phenoxy) is 1. The molecule has 1 N–H and O–H groups in total. The molecule has 0 saturated heterocycles. The van der Waals surface area contributed by atoms with E-state index in [1.54, 1.807) is 17.2 Å². The number of aromatic nitrogens is 3. The predicted molar refractivity (Wildman–Crippen MR) is 94.4 cm³/mol. The molecule has 1 aromatic heterocycles. The van der Waals surface area contributed by atoms with E-state index in [2.05, 4.69) is 31.4 Å². The molecule has 0 fully saturated rings. The quantitative estimate of drug-likeness (QED) is 0.729. The lowest BCUT2D eigenvalue weighted by Gasteiger charge is -2.12. The Morgan fingerprint density at radius 3 is 2.75 bits per heavy atom. The highest BCUT2D eigenvalue weighted by molar-refractivity contribution is 9.10. The van der Waals surface area contributed by atoms with Crippen molar-refractivity contribution in [3.63, 3.8) is 0 Å². The Kier molecular flexibility index (Phi) is 4.90. The first-order chi connectivity index (χ1) is 11.6. The monoisotopic (exact) mass is 386 g/mol. The van der Waals surface area contributed by atoms with E-state index in [0.717, 1.165) is 15.7 Å². The maximum absolute atomic E-state index is 12.1. The molecule has 2 aromatic carbocycles. The number of halogens is 1. The lowest BCUT2D eigenvalue weighted by atomic mass is 10.2. The van der Waals surface area contributed by atoms with E-state index in [9.17, 15) is 4.79 Å². The molecule has 3 rings (SSSR count). The molecule has 122 valence electrons. The van der Waals surface area contributed by atoms with Gasteiger partial charge < -0.3 is 10.1 Å². The number of rotatable bonds is 5. The van der Waals surface area contributed by atoms with E-state index >= 15 is 0 Å². The second-order valence-electron chi connectivity index (χ2n) is 5.19. The first-order valence-corrected chi connectivity index (χ1v) is 8.05. The molecular weight excluding hydrogens is 372 g/mol. The van der Waals surface area contributed by atoms with Gasteiger partial charge in [-0.3, -0.25) is 9.36 Å². The highest BCUT2D eigenvalue weighted by Crippen LogP contribution is 2.24. The van der Waals surface area contributed by atoms with Crippen molar-refractivity contribution in [3.8, 4) is 11.4 Å². The minimum atomic E-state index is -0.233. The van der Waals surface area contributed by atoms with Gasteiger partial charge in [-0.1, -0.05) is 28.1 Å². The van der Waals surface area contributed by atoms with Gasteiger partial charge in [-0.05, 0) is 42.8 Å². The van der Waals surface area contributed by atoms with Crippen LogP contribution in [0.1, 0.15) is 5.56 Å². The summed E-state index contributed by atoms with van der Waals surface area (Å²) in [5, 5.41) is 10.4. The zero-order chi connectivity index (χ0) is 16.9. The summed E-state index contributed by atoms with van der Waals surface area (Å²) in [6, 6.07) is 13.1. The van der Waals surface area contributed by atoms with Gasteiger partial charge in [0.25, 0.3) is 5.91 Å². The summed E-state index contributed by atoms with van der Waals surface area (Å²) >= 11 is 3.37. The van der Waals surface area contributed by atoms with E-state index in [1.807, 2.05) is 49.4 Å². The van der Waals surface area contributed by atoms with Crippen LogP contribution in [0.15, 0.2) is 59.6 Å². The van der Waals surface area contributed by atoms with Crippen LogP contribution in [-0.2, 0) is 4.79 Å². The zero-order valence-corrected chi connectivity index (χ0v) is 14.5. The summed E-state index contributed by atoms with van der Waals surface area (Å²) < 4.78 is 8.32. The number of hydrogen-bond acceptors (Lipinski definition) is 4. The van der Waals surface area contributed by atoms with Crippen LogP contribution in [0.2, 0.25) is 0 Å². The number of anilines is 1. The molecule has 1 amide bonds. The number of carbonyl (C=O) groups excluding carboxylic acids is 1. The number of nitrogens with one attached hydrogen (secondary N) is 1. The lowest BCUT2D eigenvalue weighted by molar-refractivity contribution is -0.118. The van der Waals surface area contributed by atoms with E-state index < -0.39 is 0 Å². The number of nitrogens with zero attached hydrogens (tertiary/aromatic N) is 3. The van der Waals surface area contributed by atoms with Gasteiger partial charge in [-0.2, -0.15) is 0 Å². The molecule has 0 unspecified atom stereocenters. The average Bonchev–Trinajstić information content (AvgIpc) is 3.08. The fourth-order valence-corrected chi connectivity index (χ4v) is 2.58. The van der Waals surface area contributed by atoms with Gasteiger partial charge in [0.2, 0.25) is 0 Å². The van der Waals surface area contributed by atoms with Gasteiger partial charge >= 0.3 is 0 Å². The summed E-state index contributed by atoms with van der Waals surface area (Å²) in [7, 11) is 0. The molecule has 7 heteroatoms. The molecule has 0 bridgehead atoms. The van der Waals surface area contributed by atoms with Gasteiger partial charge in [0.05, 0.1) is 5.69 Å². The molecule has 3 aromatic rings. The van der Waals surface area contributed by atoms with E-state index in [4.69, 9.17) is 4.74 Å². The van der Waals surface area contributed by atoms with Crippen LogP contribution in [0, 0.1) is 6.92 Å². The van der Waals surface area contributed by atoms with E-state index in [1.165, 1.54) is 0 Å². The highest BCUT2D eigenvalue weighted by atomic mass is 79.9. The number of carbonyl (C=O) groups is 1. The predicted octanol–water partition coefficient (Wildman–Crippen LogP) is 3.36. The third-order valence-electron chi connectivity index (χ3n) is 3.28. The van der Waals surface area contributed by atoms with Crippen molar-refractivity contribution < 1.29 is 9.53 Å². The van der Waals surface area contributed by atoms with Crippen LogP contribution in [0.25, 0.3) is 5.69 Å². The first kappa shape index (κ1) is 16.2. The van der Waals surface area contributed by atoms with Gasteiger partial charge in [0.15, 0.2) is 6.61 Å². The van der Waals surface area contributed by atoms with Crippen LogP contribution in [0.4, 0.5) is 5.69 Å². The molecule has 0 aliphatic rings. The summed E-state index contributed by atoms with van der Waals surface area (Å²) in [5.74, 6) is 0.355. The second kappa shape index (κ2) is 7.27. The SMILES string of the molecule is Cc1ccc(OCC(=O)Nc2cccc(Br)c2)c(-n2cnnc2)c1. The molecule has 0 saturated carbocycles. The first-order valence-electron chi connectivity index (χ1n) is 7.26. The standard InChI is InChI=1S/C17H15BrN4O2/c1-12-5-6-16(15(7-12)22-10-19-20-11-22)24-9-17(23)21-14-4-2-3-13(18)8-14/h2-8,10-11H,9H2,1H3,(H,21,23). The van der Waals surface area contributed by atoms with Gasteiger partial charge in [0.1, 0.15) is 18.4 Å². The van der Waals surface area contributed by atoms with Crippen molar-refractivity contribution in [3.05, 3.63) is 65.2 Å². The fraction of sp³-hybridized carbons (Fsp3) is 0.118. The van der Waals surface area contributed by atoms with Crippen LogP contribution in [-0.4, -0.2) is 27.3 Å². The van der Waals surface area contributed by atoms with Gasteiger partial charge in [0, 0.05) is 10.2 Å². The summed E-state index contributed by atoms with van der Waals surface area (Å²) in [6.07, 6.45) is 3.17. The average molecular weight is 387 g/mol. The van der Waals surface area contributed by atoms with Crippen LogP contribution in [0.3, 0.4) is 0 Å². The number of hydrogen-bond donors (Lipinski definition) is 1. The van der Waals surface area contributed by atoms with Crippen LogP contribution >= 0.6 is 15.9 Å².